The van der Waals surface area contributed by atoms with Crippen molar-refractivity contribution in [2.75, 3.05) is 20.7 Å². The summed E-state index contributed by atoms with van der Waals surface area (Å²) in [5.74, 6) is 2.32. The maximum atomic E-state index is 9.94. The molecule has 8 heteroatoms. The van der Waals surface area contributed by atoms with Crippen LogP contribution in [0.15, 0.2) is 51.9 Å². The number of aromatic hydroxyl groups is 1. The number of benzene rings is 2. The smallest absolute Gasteiger partial charge is 0.191 e. The van der Waals surface area contributed by atoms with E-state index in [4.69, 9.17) is 9.47 Å². The maximum absolute atomic E-state index is 9.94. The fourth-order valence-electron chi connectivity index (χ4n) is 2.27. The van der Waals surface area contributed by atoms with Crippen LogP contribution < -0.4 is 20.1 Å². The molecule has 27 heavy (non-hydrogen) atoms. The molecule has 0 aliphatic rings. The molecule has 0 aromatic heterocycles. The third-order valence-corrected chi connectivity index (χ3v) is 4.33. The normalized spacial score (nSPS) is 11.9. The van der Waals surface area contributed by atoms with E-state index < -0.39 is 0 Å². The summed E-state index contributed by atoms with van der Waals surface area (Å²) in [4.78, 5) is 4.19. The van der Waals surface area contributed by atoms with Crippen molar-refractivity contribution >= 4 is 45.9 Å². The van der Waals surface area contributed by atoms with Crippen LogP contribution in [0, 0.1) is 0 Å². The molecule has 0 spiro atoms. The third-order valence-electron chi connectivity index (χ3n) is 3.68. The first-order chi connectivity index (χ1) is 12.5. The van der Waals surface area contributed by atoms with Gasteiger partial charge in [-0.1, -0.05) is 12.1 Å². The largest absolute Gasteiger partial charge is 0.508 e. The molecule has 0 aliphatic heterocycles. The van der Waals surface area contributed by atoms with Gasteiger partial charge in [-0.15, -0.1) is 24.0 Å². The van der Waals surface area contributed by atoms with Crippen molar-refractivity contribution in [3.63, 3.8) is 0 Å². The average molecular weight is 550 g/mol. The van der Waals surface area contributed by atoms with E-state index >= 15 is 0 Å². The molecule has 6 nitrogen and oxygen atoms in total. The second-order valence-corrected chi connectivity index (χ2v) is 6.51. The lowest BCUT2D eigenvalue weighted by Crippen LogP contribution is -2.41. The number of ether oxygens (including phenoxy) is 2. The number of rotatable bonds is 7. The molecule has 0 aliphatic carbocycles. The van der Waals surface area contributed by atoms with Crippen molar-refractivity contribution in [1.82, 2.24) is 10.6 Å². The summed E-state index contributed by atoms with van der Waals surface area (Å²) in [5, 5.41) is 16.3. The Balaban J connectivity index is 0.00000364. The zero-order valence-electron chi connectivity index (χ0n) is 15.5. The number of guanidine groups is 1. The molecule has 2 rings (SSSR count). The van der Waals surface area contributed by atoms with E-state index in [1.807, 2.05) is 31.2 Å². The Kier molecular flexibility index (Phi) is 10.3. The number of hydrogen-bond acceptors (Lipinski definition) is 4. The SMILES string of the molecule is CN=C(NCc1cc(OC)ccc1O)NCC(C)Oc1ccccc1Br.I. The van der Waals surface area contributed by atoms with Crippen molar-refractivity contribution in [2.24, 2.45) is 4.99 Å². The van der Waals surface area contributed by atoms with Gasteiger partial charge >= 0.3 is 0 Å². The summed E-state index contributed by atoms with van der Waals surface area (Å²) in [7, 11) is 3.29. The summed E-state index contributed by atoms with van der Waals surface area (Å²) < 4.78 is 12.0. The molecule has 1 atom stereocenters. The molecule has 3 N–H and O–H groups in total. The zero-order valence-corrected chi connectivity index (χ0v) is 19.4. The van der Waals surface area contributed by atoms with E-state index in [2.05, 4.69) is 31.6 Å². The number of aliphatic imine (C=N–C) groups is 1. The highest BCUT2D eigenvalue weighted by atomic mass is 127. The van der Waals surface area contributed by atoms with Gasteiger partial charge in [-0.25, -0.2) is 0 Å². The van der Waals surface area contributed by atoms with Crippen molar-refractivity contribution in [3.8, 4) is 17.2 Å². The first kappa shape index (κ1) is 23.4. The average Bonchev–Trinajstić information content (AvgIpc) is 2.65. The highest BCUT2D eigenvalue weighted by Gasteiger charge is 2.09. The molecular formula is C19H25BrIN3O3. The number of phenols is 1. The number of halogens is 2. The number of phenolic OH excluding ortho intramolecular Hbond substituents is 1. The lowest BCUT2D eigenvalue weighted by atomic mass is 10.2. The van der Waals surface area contributed by atoms with Crippen LogP contribution in [0.2, 0.25) is 0 Å². The van der Waals surface area contributed by atoms with Gasteiger partial charge in [-0.2, -0.15) is 0 Å². The van der Waals surface area contributed by atoms with Gasteiger partial charge in [-0.05, 0) is 53.2 Å². The van der Waals surface area contributed by atoms with Gasteiger partial charge in [0.05, 0.1) is 18.1 Å². The van der Waals surface area contributed by atoms with Crippen molar-refractivity contribution in [2.45, 2.75) is 19.6 Å². The van der Waals surface area contributed by atoms with Crippen LogP contribution in [0.25, 0.3) is 0 Å². The molecule has 0 saturated heterocycles. The van der Waals surface area contributed by atoms with E-state index in [0.717, 1.165) is 15.8 Å². The van der Waals surface area contributed by atoms with E-state index in [0.29, 0.717) is 24.8 Å². The second-order valence-electron chi connectivity index (χ2n) is 5.66. The summed E-state index contributed by atoms with van der Waals surface area (Å²) in [6.07, 6.45) is -0.0579. The number of methoxy groups -OCH3 is 1. The van der Waals surface area contributed by atoms with E-state index in [9.17, 15) is 5.11 Å². The summed E-state index contributed by atoms with van der Waals surface area (Å²) in [6.45, 7) is 2.97. The minimum absolute atomic E-state index is 0. The third kappa shape index (κ3) is 7.45. The summed E-state index contributed by atoms with van der Waals surface area (Å²) in [5.41, 5.74) is 0.727. The van der Waals surface area contributed by atoms with Crippen LogP contribution in [-0.4, -0.2) is 37.9 Å². The molecule has 0 radical (unpaired) electrons. The van der Waals surface area contributed by atoms with Crippen molar-refractivity contribution in [1.29, 1.82) is 0 Å². The second kappa shape index (κ2) is 11.9. The van der Waals surface area contributed by atoms with Crippen molar-refractivity contribution in [3.05, 3.63) is 52.5 Å². The highest BCUT2D eigenvalue weighted by Crippen LogP contribution is 2.25. The van der Waals surface area contributed by atoms with Gasteiger partial charge in [0, 0.05) is 19.2 Å². The van der Waals surface area contributed by atoms with E-state index in [-0.39, 0.29) is 35.8 Å². The van der Waals surface area contributed by atoms with Crippen LogP contribution in [-0.2, 0) is 6.54 Å². The predicted molar refractivity (Wildman–Crippen MR) is 123 cm³/mol. The Morgan fingerprint density at radius 3 is 2.63 bits per heavy atom. The van der Waals surface area contributed by atoms with Gasteiger partial charge < -0.3 is 25.2 Å². The molecule has 0 amide bonds. The molecule has 148 valence electrons. The molecule has 0 saturated carbocycles. The highest BCUT2D eigenvalue weighted by molar-refractivity contribution is 14.0. The standard InChI is InChI=1S/C19H24BrN3O3.HI/c1-13(26-18-7-5-4-6-16(18)20)11-22-19(21-2)23-12-14-10-15(25-3)8-9-17(14)24;/h4-10,13,24H,11-12H2,1-3H3,(H2,21,22,23);1H. The first-order valence-electron chi connectivity index (χ1n) is 8.25. The molecule has 2 aromatic carbocycles. The van der Waals surface area contributed by atoms with Crippen LogP contribution in [0.3, 0.4) is 0 Å². The zero-order chi connectivity index (χ0) is 18.9. The number of hydrogen-bond donors (Lipinski definition) is 3. The fourth-order valence-corrected chi connectivity index (χ4v) is 2.65. The van der Waals surface area contributed by atoms with Crippen LogP contribution >= 0.6 is 39.9 Å². The first-order valence-corrected chi connectivity index (χ1v) is 9.04. The molecule has 2 aromatic rings. The van der Waals surface area contributed by atoms with Gasteiger partial charge in [-0.3, -0.25) is 4.99 Å². The Labute approximate surface area is 185 Å². The molecule has 0 fully saturated rings. The Morgan fingerprint density at radius 1 is 1.22 bits per heavy atom. The molecule has 1 unspecified atom stereocenters. The lowest BCUT2D eigenvalue weighted by molar-refractivity contribution is 0.222. The predicted octanol–water partition coefficient (Wildman–Crippen LogP) is 3.91. The topological polar surface area (TPSA) is 75.1 Å². The van der Waals surface area contributed by atoms with Gasteiger partial charge in [0.2, 0.25) is 0 Å². The minimum Gasteiger partial charge on any atom is -0.508 e. The fraction of sp³-hybridized carbons (Fsp3) is 0.316. The maximum Gasteiger partial charge on any atom is 0.191 e. The van der Waals surface area contributed by atoms with Crippen molar-refractivity contribution < 1.29 is 14.6 Å². The number of nitrogens with zero attached hydrogens (tertiary/aromatic N) is 1. The Morgan fingerprint density at radius 2 is 1.96 bits per heavy atom. The van der Waals surface area contributed by atoms with Crippen LogP contribution in [0.1, 0.15) is 12.5 Å². The lowest BCUT2D eigenvalue weighted by Gasteiger charge is -2.18. The summed E-state index contributed by atoms with van der Waals surface area (Å²) >= 11 is 3.47. The molecular weight excluding hydrogens is 525 g/mol. The van der Waals surface area contributed by atoms with E-state index in [1.54, 1.807) is 32.4 Å². The number of para-hydroxylation sites is 1. The van der Waals surface area contributed by atoms with E-state index in [1.165, 1.54) is 0 Å². The van der Waals surface area contributed by atoms with Crippen LogP contribution in [0.4, 0.5) is 0 Å². The summed E-state index contributed by atoms with van der Waals surface area (Å²) in [6, 6.07) is 12.8. The monoisotopic (exact) mass is 549 g/mol. The molecule has 0 heterocycles. The minimum atomic E-state index is -0.0579. The van der Waals surface area contributed by atoms with Crippen LogP contribution in [0.5, 0.6) is 17.2 Å². The van der Waals surface area contributed by atoms with Gasteiger partial charge in [0.1, 0.15) is 23.4 Å². The Hall–Kier alpha value is -1.68. The van der Waals surface area contributed by atoms with Gasteiger partial charge in [0.25, 0.3) is 0 Å². The number of nitrogens with one attached hydrogen (secondary N) is 2. The molecule has 0 bridgehead atoms. The van der Waals surface area contributed by atoms with Gasteiger partial charge in [0.15, 0.2) is 5.96 Å². The Bertz CT molecular complexity index is 759. The quantitative estimate of drug-likeness (QED) is 0.277.